The van der Waals surface area contributed by atoms with Crippen molar-refractivity contribution >= 4 is 21.7 Å². The fourth-order valence-corrected chi connectivity index (χ4v) is 2.86. The second kappa shape index (κ2) is 16.8. The summed E-state index contributed by atoms with van der Waals surface area (Å²) in [6, 6.07) is 14.4. The van der Waals surface area contributed by atoms with Gasteiger partial charge < -0.3 is 28.4 Å². The highest BCUT2D eigenvalue weighted by molar-refractivity contribution is 9.10. The third kappa shape index (κ3) is 11.2. The molecule has 2 rings (SSSR count). The molecule has 0 aromatic heterocycles. The van der Waals surface area contributed by atoms with Gasteiger partial charge in [0.25, 0.3) is 0 Å². The van der Waals surface area contributed by atoms with Crippen LogP contribution in [0, 0.1) is 0 Å². The number of carbonyl (C=O) groups excluding carboxylic acids is 1. The van der Waals surface area contributed by atoms with Crippen molar-refractivity contribution in [2.75, 3.05) is 73.2 Å². The zero-order valence-electron chi connectivity index (χ0n) is 18.4. The number of carbonyl (C=O) groups is 1. The van der Waals surface area contributed by atoms with Crippen LogP contribution in [0.1, 0.15) is 15.9 Å². The third-order valence-corrected chi connectivity index (χ3v) is 4.80. The molecular weight excluding hydrogens is 480 g/mol. The standard InChI is InChI=1S/C24H31BrO7/c1-27-10-11-28-12-13-29-14-15-30-16-17-31-18-19-32-23-8-4-21(5-9-23)24(26)20-2-6-22(25)7-3-20/h2-9H,10-19H2,1H3. The lowest BCUT2D eigenvalue weighted by molar-refractivity contribution is -0.00978. The summed E-state index contributed by atoms with van der Waals surface area (Å²) in [5, 5.41) is 0. The number of benzene rings is 2. The van der Waals surface area contributed by atoms with Crippen molar-refractivity contribution in [2.24, 2.45) is 0 Å². The van der Waals surface area contributed by atoms with E-state index in [4.69, 9.17) is 28.4 Å². The van der Waals surface area contributed by atoms with Gasteiger partial charge in [-0.1, -0.05) is 15.9 Å². The van der Waals surface area contributed by atoms with Crippen LogP contribution >= 0.6 is 15.9 Å². The second-order valence-corrected chi connectivity index (χ2v) is 7.57. The molecule has 0 unspecified atom stereocenters. The zero-order valence-corrected chi connectivity index (χ0v) is 20.0. The molecule has 8 heteroatoms. The average Bonchev–Trinajstić information content (AvgIpc) is 2.82. The topological polar surface area (TPSA) is 72.5 Å². The zero-order chi connectivity index (χ0) is 22.9. The van der Waals surface area contributed by atoms with E-state index < -0.39 is 0 Å². The van der Waals surface area contributed by atoms with Gasteiger partial charge in [0, 0.05) is 22.7 Å². The minimum absolute atomic E-state index is 0.0202. The number of ether oxygens (including phenoxy) is 6. The quantitative estimate of drug-likeness (QED) is 0.223. The van der Waals surface area contributed by atoms with Crippen molar-refractivity contribution in [1.82, 2.24) is 0 Å². The van der Waals surface area contributed by atoms with Crippen molar-refractivity contribution in [3.05, 3.63) is 64.1 Å². The van der Waals surface area contributed by atoms with Crippen LogP contribution in [0.4, 0.5) is 0 Å². The summed E-state index contributed by atoms with van der Waals surface area (Å²) in [6.07, 6.45) is 0. The Labute approximate surface area is 198 Å². The Kier molecular flexibility index (Phi) is 13.9. The fraction of sp³-hybridized carbons (Fsp3) is 0.458. The highest BCUT2D eigenvalue weighted by Gasteiger charge is 2.09. The number of hydrogen-bond acceptors (Lipinski definition) is 7. The molecule has 0 amide bonds. The van der Waals surface area contributed by atoms with E-state index in [9.17, 15) is 4.79 Å². The summed E-state index contributed by atoms with van der Waals surface area (Å²) in [6.45, 7) is 5.18. The minimum atomic E-state index is -0.0202. The maximum Gasteiger partial charge on any atom is 0.193 e. The molecule has 0 aliphatic rings. The molecule has 0 radical (unpaired) electrons. The van der Waals surface area contributed by atoms with Crippen LogP contribution in [0.25, 0.3) is 0 Å². The van der Waals surface area contributed by atoms with Gasteiger partial charge >= 0.3 is 0 Å². The molecule has 0 aliphatic heterocycles. The molecule has 0 fully saturated rings. The molecule has 0 saturated carbocycles. The molecule has 0 N–H and O–H groups in total. The van der Waals surface area contributed by atoms with Crippen LogP contribution in [-0.2, 0) is 23.7 Å². The Morgan fingerprint density at radius 3 is 1.50 bits per heavy atom. The fourth-order valence-electron chi connectivity index (χ4n) is 2.59. The molecule has 2 aromatic carbocycles. The van der Waals surface area contributed by atoms with Gasteiger partial charge in [-0.2, -0.15) is 0 Å². The van der Waals surface area contributed by atoms with Gasteiger partial charge in [0.1, 0.15) is 12.4 Å². The van der Waals surface area contributed by atoms with Crippen molar-refractivity contribution in [1.29, 1.82) is 0 Å². The predicted molar refractivity (Wildman–Crippen MR) is 125 cm³/mol. The maximum absolute atomic E-state index is 12.5. The van der Waals surface area contributed by atoms with Gasteiger partial charge in [0.2, 0.25) is 0 Å². The minimum Gasteiger partial charge on any atom is -0.491 e. The van der Waals surface area contributed by atoms with E-state index in [0.717, 1.165) is 4.47 Å². The first-order chi connectivity index (χ1) is 15.7. The van der Waals surface area contributed by atoms with Gasteiger partial charge in [-0.25, -0.2) is 0 Å². The molecule has 2 aromatic rings. The van der Waals surface area contributed by atoms with Gasteiger partial charge in [-0.3, -0.25) is 4.79 Å². The lowest BCUT2D eigenvalue weighted by Gasteiger charge is -2.09. The number of rotatable bonds is 18. The Balaban J connectivity index is 1.46. The van der Waals surface area contributed by atoms with E-state index in [2.05, 4.69) is 15.9 Å². The first-order valence-electron chi connectivity index (χ1n) is 10.5. The summed E-state index contributed by atoms with van der Waals surface area (Å²) in [5.74, 6) is 0.675. The van der Waals surface area contributed by atoms with Gasteiger partial charge in [-0.05, 0) is 48.5 Å². The Hall–Kier alpha value is -1.81. The number of methoxy groups -OCH3 is 1. The van der Waals surface area contributed by atoms with Crippen molar-refractivity contribution in [2.45, 2.75) is 0 Å². The van der Waals surface area contributed by atoms with Crippen molar-refractivity contribution in [3.63, 3.8) is 0 Å². The van der Waals surface area contributed by atoms with Gasteiger partial charge in [-0.15, -0.1) is 0 Å². The second-order valence-electron chi connectivity index (χ2n) is 6.65. The molecule has 0 saturated heterocycles. The third-order valence-electron chi connectivity index (χ3n) is 4.27. The summed E-state index contributed by atoms with van der Waals surface area (Å²) in [5.41, 5.74) is 1.27. The molecule has 0 spiro atoms. The van der Waals surface area contributed by atoms with Gasteiger partial charge in [0.05, 0.1) is 59.5 Å². The van der Waals surface area contributed by atoms with Crippen LogP contribution < -0.4 is 4.74 Å². The molecule has 0 bridgehead atoms. The van der Waals surface area contributed by atoms with E-state index >= 15 is 0 Å². The maximum atomic E-state index is 12.5. The van der Waals surface area contributed by atoms with Crippen LogP contribution in [0.3, 0.4) is 0 Å². The first kappa shape index (κ1) is 26.4. The van der Waals surface area contributed by atoms with E-state index in [1.165, 1.54) is 0 Å². The number of halogens is 1. The van der Waals surface area contributed by atoms with Gasteiger partial charge in [0.15, 0.2) is 5.78 Å². The van der Waals surface area contributed by atoms with E-state index in [-0.39, 0.29) is 5.78 Å². The van der Waals surface area contributed by atoms with E-state index in [1.54, 1.807) is 43.5 Å². The lowest BCUT2D eigenvalue weighted by atomic mass is 10.0. The number of ketones is 1. The average molecular weight is 511 g/mol. The normalized spacial score (nSPS) is 10.9. The van der Waals surface area contributed by atoms with Crippen LogP contribution in [0.15, 0.2) is 53.0 Å². The SMILES string of the molecule is COCCOCCOCCOCCOCCOc1ccc(C(=O)c2ccc(Br)cc2)cc1. The summed E-state index contributed by atoms with van der Waals surface area (Å²) < 4.78 is 33.1. The van der Waals surface area contributed by atoms with Crippen LogP contribution in [0.5, 0.6) is 5.75 Å². The monoisotopic (exact) mass is 510 g/mol. The molecule has 0 atom stereocenters. The molecule has 0 aliphatic carbocycles. The lowest BCUT2D eigenvalue weighted by Crippen LogP contribution is -2.14. The molecule has 7 nitrogen and oxygen atoms in total. The van der Waals surface area contributed by atoms with Crippen LogP contribution in [0.2, 0.25) is 0 Å². The Bertz CT molecular complexity index is 750. The van der Waals surface area contributed by atoms with E-state index in [0.29, 0.717) is 82.9 Å². The molecule has 0 heterocycles. The summed E-state index contributed by atoms with van der Waals surface area (Å²) in [4.78, 5) is 12.5. The molecule has 32 heavy (non-hydrogen) atoms. The Morgan fingerprint density at radius 2 is 1.03 bits per heavy atom. The summed E-state index contributed by atoms with van der Waals surface area (Å²) in [7, 11) is 1.64. The highest BCUT2D eigenvalue weighted by atomic mass is 79.9. The number of hydrogen-bond donors (Lipinski definition) is 0. The van der Waals surface area contributed by atoms with Crippen molar-refractivity contribution < 1.29 is 33.2 Å². The highest BCUT2D eigenvalue weighted by Crippen LogP contribution is 2.17. The summed E-state index contributed by atoms with van der Waals surface area (Å²) >= 11 is 3.37. The Morgan fingerprint density at radius 1 is 0.625 bits per heavy atom. The van der Waals surface area contributed by atoms with E-state index in [1.807, 2.05) is 12.1 Å². The predicted octanol–water partition coefficient (Wildman–Crippen LogP) is 3.77. The largest absolute Gasteiger partial charge is 0.491 e. The smallest absolute Gasteiger partial charge is 0.193 e. The first-order valence-corrected chi connectivity index (χ1v) is 11.3. The molecular formula is C24H31BrO7. The van der Waals surface area contributed by atoms with Crippen LogP contribution in [-0.4, -0.2) is 79.0 Å². The van der Waals surface area contributed by atoms with Crippen molar-refractivity contribution in [3.8, 4) is 5.75 Å². The molecule has 176 valence electrons.